The average Bonchev–Trinajstić information content (AvgIpc) is 2.26. The maximum Gasteiger partial charge on any atom is 0.252 e. The maximum atomic E-state index is 11.7. The summed E-state index contributed by atoms with van der Waals surface area (Å²) < 4.78 is 0.596. The van der Waals surface area contributed by atoms with Gasteiger partial charge in [0.2, 0.25) is 5.91 Å². The Morgan fingerprint density at radius 2 is 2.06 bits per heavy atom. The Labute approximate surface area is 113 Å². The summed E-state index contributed by atoms with van der Waals surface area (Å²) in [6, 6.07) is 4.84. The van der Waals surface area contributed by atoms with Crippen LogP contribution in [-0.2, 0) is 4.79 Å². The summed E-state index contributed by atoms with van der Waals surface area (Å²) >= 11 is 9.00. The molecule has 0 atom stereocenters. The van der Waals surface area contributed by atoms with Gasteiger partial charge in [-0.15, -0.1) is 0 Å². The van der Waals surface area contributed by atoms with Gasteiger partial charge in [0, 0.05) is 16.0 Å². The van der Waals surface area contributed by atoms with E-state index in [9.17, 15) is 9.59 Å². The summed E-state index contributed by atoms with van der Waals surface area (Å²) in [5.41, 5.74) is 0.443. The minimum Gasteiger partial charge on any atom is -0.355 e. The van der Waals surface area contributed by atoms with Crippen molar-refractivity contribution in [3.63, 3.8) is 0 Å². The van der Waals surface area contributed by atoms with Crippen molar-refractivity contribution in [3.8, 4) is 0 Å². The Balaban J connectivity index is 2.61. The average molecular weight is 320 g/mol. The molecule has 0 aliphatic carbocycles. The van der Waals surface area contributed by atoms with E-state index in [4.69, 9.17) is 11.6 Å². The van der Waals surface area contributed by atoms with Crippen molar-refractivity contribution in [3.05, 3.63) is 33.3 Å². The second kappa shape index (κ2) is 6.61. The first-order valence-electron chi connectivity index (χ1n) is 5.04. The first-order valence-corrected chi connectivity index (χ1v) is 6.21. The molecule has 0 aliphatic rings. The highest BCUT2D eigenvalue weighted by Gasteiger charge is 2.11. The van der Waals surface area contributed by atoms with E-state index in [0.717, 1.165) is 0 Å². The molecule has 0 aliphatic heterocycles. The lowest BCUT2D eigenvalue weighted by Gasteiger charge is -2.07. The van der Waals surface area contributed by atoms with Gasteiger partial charge in [-0.25, -0.2) is 0 Å². The van der Waals surface area contributed by atoms with E-state index in [2.05, 4.69) is 26.6 Å². The van der Waals surface area contributed by atoms with E-state index in [0.29, 0.717) is 21.6 Å². The van der Waals surface area contributed by atoms with E-state index < -0.39 is 0 Å². The molecule has 0 fully saturated rings. The quantitative estimate of drug-likeness (QED) is 0.891. The van der Waals surface area contributed by atoms with Crippen LogP contribution in [0.25, 0.3) is 0 Å². The topological polar surface area (TPSA) is 58.2 Å². The lowest BCUT2D eigenvalue weighted by Crippen LogP contribution is -2.36. The van der Waals surface area contributed by atoms with Crippen LogP contribution in [0.15, 0.2) is 22.7 Å². The highest BCUT2D eigenvalue weighted by atomic mass is 79.9. The molecule has 0 spiro atoms. The van der Waals surface area contributed by atoms with Crippen molar-refractivity contribution in [1.82, 2.24) is 10.6 Å². The van der Waals surface area contributed by atoms with Crippen molar-refractivity contribution < 1.29 is 9.59 Å². The Morgan fingerprint density at radius 3 is 2.65 bits per heavy atom. The van der Waals surface area contributed by atoms with Crippen molar-refractivity contribution in [2.45, 2.75) is 6.92 Å². The molecule has 1 aromatic rings. The van der Waals surface area contributed by atoms with E-state index in [-0.39, 0.29) is 18.4 Å². The van der Waals surface area contributed by atoms with Crippen LogP contribution in [0.3, 0.4) is 0 Å². The zero-order valence-electron chi connectivity index (χ0n) is 9.22. The van der Waals surface area contributed by atoms with Crippen LogP contribution in [0.2, 0.25) is 5.02 Å². The molecule has 0 aromatic heterocycles. The van der Waals surface area contributed by atoms with Crippen LogP contribution in [0.5, 0.6) is 0 Å². The molecule has 2 amide bonds. The van der Waals surface area contributed by atoms with Gasteiger partial charge in [0.05, 0.1) is 12.1 Å². The second-order valence-corrected chi connectivity index (χ2v) is 4.55. The summed E-state index contributed by atoms with van der Waals surface area (Å²) in [5.74, 6) is -0.536. The van der Waals surface area contributed by atoms with Crippen LogP contribution < -0.4 is 10.6 Å². The minimum atomic E-state index is -0.320. The third-order valence-electron chi connectivity index (χ3n) is 1.96. The lowest BCUT2D eigenvalue weighted by molar-refractivity contribution is -0.120. The van der Waals surface area contributed by atoms with Crippen molar-refractivity contribution >= 4 is 39.3 Å². The number of nitrogens with one attached hydrogen (secondary N) is 2. The number of hydrogen-bond acceptors (Lipinski definition) is 2. The summed E-state index contributed by atoms with van der Waals surface area (Å²) in [5, 5.41) is 5.65. The number of hydrogen-bond donors (Lipinski definition) is 2. The van der Waals surface area contributed by atoms with Gasteiger partial charge in [-0.05, 0) is 41.1 Å². The molecule has 1 aromatic carbocycles. The molecule has 6 heteroatoms. The Morgan fingerprint density at radius 1 is 1.35 bits per heavy atom. The van der Waals surface area contributed by atoms with E-state index >= 15 is 0 Å². The van der Waals surface area contributed by atoms with E-state index in [1.165, 1.54) is 0 Å². The summed E-state index contributed by atoms with van der Waals surface area (Å²) in [6.45, 7) is 2.32. The zero-order valence-corrected chi connectivity index (χ0v) is 11.6. The Kier molecular flexibility index (Phi) is 5.44. The number of carbonyl (C=O) groups is 2. The monoisotopic (exact) mass is 318 g/mol. The SMILES string of the molecule is CCNC(=O)CNC(=O)c1ccc(Cl)cc1Br. The predicted octanol–water partition coefficient (Wildman–Crippen LogP) is 1.97. The summed E-state index contributed by atoms with van der Waals surface area (Å²) in [6.07, 6.45) is 0. The van der Waals surface area contributed by atoms with Crippen LogP contribution in [0.1, 0.15) is 17.3 Å². The molecule has 0 bridgehead atoms. The van der Waals surface area contributed by atoms with E-state index in [1.54, 1.807) is 18.2 Å². The fraction of sp³-hybridized carbons (Fsp3) is 0.273. The van der Waals surface area contributed by atoms with Crippen LogP contribution in [0, 0.1) is 0 Å². The van der Waals surface area contributed by atoms with Gasteiger partial charge >= 0.3 is 0 Å². The second-order valence-electron chi connectivity index (χ2n) is 3.26. The Hall–Kier alpha value is -1.07. The zero-order chi connectivity index (χ0) is 12.8. The fourth-order valence-corrected chi connectivity index (χ4v) is 2.05. The summed E-state index contributed by atoms with van der Waals surface area (Å²) in [7, 11) is 0. The van der Waals surface area contributed by atoms with Gasteiger partial charge in [-0.2, -0.15) is 0 Å². The predicted molar refractivity (Wildman–Crippen MR) is 70.2 cm³/mol. The van der Waals surface area contributed by atoms with Gasteiger partial charge < -0.3 is 10.6 Å². The number of carbonyl (C=O) groups excluding carboxylic acids is 2. The number of halogens is 2. The number of amides is 2. The molecular formula is C11H12BrClN2O2. The fourth-order valence-electron chi connectivity index (χ4n) is 1.19. The highest BCUT2D eigenvalue weighted by Crippen LogP contribution is 2.21. The first-order chi connectivity index (χ1) is 8.04. The van der Waals surface area contributed by atoms with Gasteiger partial charge in [0.25, 0.3) is 5.91 Å². The van der Waals surface area contributed by atoms with Gasteiger partial charge in [-0.3, -0.25) is 9.59 Å². The van der Waals surface area contributed by atoms with Gasteiger partial charge in [-0.1, -0.05) is 11.6 Å². The van der Waals surface area contributed by atoms with Crippen LogP contribution in [0.4, 0.5) is 0 Å². The molecule has 1 rings (SSSR count). The number of benzene rings is 1. The molecule has 0 unspecified atom stereocenters. The van der Waals surface area contributed by atoms with Crippen molar-refractivity contribution in [1.29, 1.82) is 0 Å². The first kappa shape index (κ1) is 14.0. The molecular weight excluding hydrogens is 307 g/mol. The normalized spacial score (nSPS) is 9.82. The summed E-state index contributed by atoms with van der Waals surface area (Å²) in [4.78, 5) is 22.9. The maximum absolute atomic E-state index is 11.7. The van der Waals surface area contributed by atoms with Gasteiger partial charge in [0.1, 0.15) is 0 Å². The number of likely N-dealkylation sites (N-methyl/N-ethyl adjacent to an activating group) is 1. The van der Waals surface area contributed by atoms with Gasteiger partial charge in [0.15, 0.2) is 0 Å². The molecule has 17 heavy (non-hydrogen) atoms. The van der Waals surface area contributed by atoms with E-state index in [1.807, 2.05) is 6.92 Å². The standard InChI is InChI=1S/C11H12BrClN2O2/c1-2-14-10(16)6-15-11(17)8-4-3-7(13)5-9(8)12/h3-5H,2,6H2,1H3,(H,14,16)(H,15,17). The molecule has 92 valence electrons. The largest absolute Gasteiger partial charge is 0.355 e. The molecule has 0 saturated carbocycles. The lowest BCUT2D eigenvalue weighted by atomic mass is 10.2. The van der Waals surface area contributed by atoms with Crippen LogP contribution >= 0.6 is 27.5 Å². The molecule has 2 N–H and O–H groups in total. The smallest absolute Gasteiger partial charge is 0.252 e. The molecule has 4 nitrogen and oxygen atoms in total. The number of rotatable bonds is 4. The molecule has 0 heterocycles. The third kappa shape index (κ3) is 4.36. The van der Waals surface area contributed by atoms with Crippen LogP contribution in [-0.4, -0.2) is 24.9 Å². The minimum absolute atomic E-state index is 0.0399. The van der Waals surface area contributed by atoms with Crippen molar-refractivity contribution in [2.75, 3.05) is 13.1 Å². The molecule has 0 saturated heterocycles. The highest BCUT2D eigenvalue weighted by molar-refractivity contribution is 9.10. The molecule has 0 radical (unpaired) electrons. The Bertz CT molecular complexity index is 437. The third-order valence-corrected chi connectivity index (χ3v) is 2.85. The van der Waals surface area contributed by atoms with Crippen molar-refractivity contribution in [2.24, 2.45) is 0 Å².